The van der Waals surface area contributed by atoms with E-state index in [9.17, 15) is 9.18 Å². The maximum Gasteiger partial charge on any atom is 0.257 e. The van der Waals surface area contributed by atoms with Gasteiger partial charge in [-0.05, 0) is 55.4 Å². The fourth-order valence-electron chi connectivity index (χ4n) is 3.25. The maximum absolute atomic E-state index is 14.0. The third kappa shape index (κ3) is 3.58. The zero-order valence-corrected chi connectivity index (χ0v) is 13.3. The molecule has 1 aliphatic rings. The molecule has 0 unspecified atom stereocenters. The molecule has 0 radical (unpaired) electrons. The first-order valence-electron chi connectivity index (χ1n) is 8.08. The molecule has 23 heavy (non-hydrogen) atoms. The van der Waals surface area contributed by atoms with Crippen LogP contribution < -0.4 is 0 Å². The number of hydrogen-bond donors (Lipinski definition) is 0. The Hall–Kier alpha value is -2.23. The van der Waals surface area contributed by atoms with Crippen LogP contribution in [0.2, 0.25) is 0 Å². The normalized spacial score (nSPS) is 15.7. The first-order valence-corrected chi connectivity index (χ1v) is 8.08. The molecule has 1 saturated heterocycles. The number of aryl methyl sites for hydroxylation is 1. The monoisotopic (exact) mass is 312 g/mol. The summed E-state index contributed by atoms with van der Waals surface area (Å²) in [6, 6.07) is 8.82. The highest BCUT2D eigenvalue weighted by molar-refractivity contribution is 5.96. The number of carbonyl (C=O) groups is 1. The van der Waals surface area contributed by atoms with Gasteiger partial charge >= 0.3 is 0 Å². The standard InChI is InChI=1S/C19H21FN2O/c1-14-4-2-6-17(20)18(14)19(23)22-10-7-15(8-11-22)12-16-5-3-9-21-13-16/h2-6,9,13,15H,7-8,10-12H2,1H3. The molecule has 2 heterocycles. The largest absolute Gasteiger partial charge is 0.339 e. The number of hydrogen-bond acceptors (Lipinski definition) is 2. The van der Waals surface area contributed by atoms with Crippen molar-refractivity contribution in [1.29, 1.82) is 0 Å². The van der Waals surface area contributed by atoms with E-state index in [2.05, 4.69) is 11.1 Å². The predicted octanol–water partition coefficient (Wildman–Crippen LogP) is 3.62. The lowest BCUT2D eigenvalue weighted by Crippen LogP contribution is -2.39. The molecule has 3 rings (SSSR count). The second kappa shape index (κ2) is 6.90. The molecule has 1 aliphatic heterocycles. The number of amides is 1. The fraction of sp³-hybridized carbons (Fsp3) is 0.368. The fourth-order valence-corrected chi connectivity index (χ4v) is 3.25. The van der Waals surface area contributed by atoms with Crippen LogP contribution in [0.3, 0.4) is 0 Å². The summed E-state index contributed by atoms with van der Waals surface area (Å²) >= 11 is 0. The maximum atomic E-state index is 14.0. The molecule has 0 spiro atoms. The minimum absolute atomic E-state index is 0.180. The van der Waals surface area contributed by atoms with Crippen molar-refractivity contribution in [2.45, 2.75) is 26.2 Å². The van der Waals surface area contributed by atoms with Crippen LogP contribution in [0.5, 0.6) is 0 Å². The molecule has 0 N–H and O–H groups in total. The van der Waals surface area contributed by atoms with Crippen LogP contribution in [0.1, 0.15) is 34.3 Å². The van der Waals surface area contributed by atoms with Crippen LogP contribution in [0, 0.1) is 18.7 Å². The Morgan fingerprint density at radius 3 is 2.70 bits per heavy atom. The molecule has 3 nitrogen and oxygen atoms in total. The number of likely N-dealkylation sites (tertiary alicyclic amines) is 1. The van der Waals surface area contributed by atoms with Crippen molar-refractivity contribution in [3.8, 4) is 0 Å². The van der Waals surface area contributed by atoms with Gasteiger partial charge in [0.1, 0.15) is 5.82 Å². The summed E-state index contributed by atoms with van der Waals surface area (Å²) < 4.78 is 14.0. The molecule has 1 aromatic carbocycles. The topological polar surface area (TPSA) is 33.2 Å². The van der Waals surface area contributed by atoms with E-state index >= 15 is 0 Å². The molecule has 4 heteroatoms. The number of carbonyl (C=O) groups excluding carboxylic acids is 1. The first-order chi connectivity index (χ1) is 11.1. The summed E-state index contributed by atoms with van der Waals surface area (Å²) in [6.45, 7) is 3.17. The summed E-state index contributed by atoms with van der Waals surface area (Å²) in [4.78, 5) is 18.5. The smallest absolute Gasteiger partial charge is 0.257 e. The molecule has 1 fully saturated rings. The van der Waals surface area contributed by atoms with Gasteiger partial charge in [0, 0.05) is 25.5 Å². The van der Waals surface area contributed by atoms with Gasteiger partial charge in [0.15, 0.2) is 0 Å². The highest BCUT2D eigenvalue weighted by atomic mass is 19.1. The van der Waals surface area contributed by atoms with E-state index < -0.39 is 5.82 Å². The lowest BCUT2D eigenvalue weighted by molar-refractivity contribution is 0.0685. The molecule has 0 aliphatic carbocycles. The van der Waals surface area contributed by atoms with E-state index in [1.807, 2.05) is 12.3 Å². The van der Waals surface area contributed by atoms with Crippen molar-refractivity contribution in [1.82, 2.24) is 9.88 Å². The van der Waals surface area contributed by atoms with E-state index in [0.717, 1.165) is 19.3 Å². The molecule has 1 amide bonds. The Balaban J connectivity index is 1.62. The summed E-state index contributed by atoms with van der Waals surface area (Å²) in [5.41, 5.74) is 2.16. The molecule has 0 atom stereocenters. The van der Waals surface area contributed by atoms with Crippen LogP contribution in [0.4, 0.5) is 4.39 Å². The second-order valence-corrected chi connectivity index (χ2v) is 6.23. The van der Waals surface area contributed by atoms with E-state index in [1.165, 1.54) is 11.6 Å². The number of piperidine rings is 1. The summed E-state index contributed by atoms with van der Waals surface area (Å²) in [6.07, 6.45) is 6.58. The van der Waals surface area contributed by atoms with Crippen LogP contribution in [0.25, 0.3) is 0 Å². The number of aromatic nitrogens is 1. The number of benzene rings is 1. The van der Waals surface area contributed by atoms with Gasteiger partial charge in [0.25, 0.3) is 5.91 Å². The van der Waals surface area contributed by atoms with Gasteiger partial charge < -0.3 is 4.90 Å². The van der Waals surface area contributed by atoms with Crippen LogP contribution in [0.15, 0.2) is 42.7 Å². The van der Waals surface area contributed by atoms with Gasteiger partial charge in [-0.15, -0.1) is 0 Å². The molecule has 2 aromatic rings. The third-order valence-electron chi connectivity index (χ3n) is 4.58. The first kappa shape index (κ1) is 15.7. The Morgan fingerprint density at radius 2 is 2.04 bits per heavy atom. The molecule has 120 valence electrons. The van der Waals surface area contributed by atoms with E-state index in [1.54, 1.807) is 30.2 Å². The average molecular weight is 312 g/mol. The Kier molecular flexibility index (Phi) is 4.70. The van der Waals surface area contributed by atoms with Crippen LogP contribution >= 0.6 is 0 Å². The molecule has 0 bridgehead atoms. The van der Waals surface area contributed by atoms with Gasteiger partial charge in [0.05, 0.1) is 5.56 Å². The third-order valence-corrected chi connectivity index (χ3v) is 4.58. The minimum atomic E-state index is -0.424. The van der Waals surface area contributed by atoms with Gasteiger partial charge in [0.2, 0.25) is 0 Å². The van der Waals surface area contributed by atoms with Gasteiger partial charge in [-0.1, -0.05) is 18.2 Å². The molecule has 1 aromatic heterocycles. The zero-order valence-electron chi connectivity index (χ0n) is 13.3. The molecule has 0 saturated carbocycles. The molecular weight excluding hydrogens is 291 g/mol. The van der Waals surface area contributed by atoms with Crippen molar-refractivity contribution in [3.63, 3.8) is 0 Å². The van der Waals surface area contributed by atoms with Gasteiger partial charge in [-0.2, -0.15) is 0 Å². The zero-order chi connectivity index (χ0) is 16.2. The highest BCUT2D eigenvalue weighted by Gasteiger charge is 2.26. The van der Waals surface area contributed by atoms with Gasteiger partial charge in [-0.3, -0.25) is 9.78 Å². The Morgan fingerprint density at radius 1 is 1.26 bits per heavy atom. The Bertz CT molecular complexity index is 659. The number of rotatable bonds is 3. The van der Waals surface area contributed by atoms with Gasteiger partial charge in [-0.25, -0.2) is 4.39 Å². The van der Waals surface area contributed by atoms with E-state index in [-0.39, 0.29) is 11.5 Å². The van der Waals surface area contributed by atoms with Crippen LogP contribution in [-0.2, 0) is 6.42 Å². The number of nitrogens with zero attached hydrogens (tertiary/aromatic N) is 2. The minimum Gasteiger partial charge on any atom is -0.339 e. The number of halogens is 1. The predicted molar refractivity (Wildman–Crippen MR) is 87.7 cm³/mol. The average Bonchev–Trinajstić information content (AvgIpc) is 2.56. The van der Waals surface area contributed by atoms with E-state index in [4.69, 9.17) is 0 Å². The number of pyridine rings is 1. The van der Waals surface area contributed by atoms with Crippen molar-refractivity contribution in [3.05, 3.63) is 65.2 Å². The quantitative estimate of drug-likeness (QED) is 0.867. The lowest BCUT2D eigenvalue weighted by Gasteiger charge is -2.32. The lowest BCUT2D eigenvalue weighted by atomic mass is 9.90. The van der Waals surface area contributed by atoms with Crippen molar-refractivity contribution in [2.75, 3.05) is 13.1 Å². The second-order valence-electron chi connectivity index (χ2n) is 6.23. The van der Waals surface area contributed by atoms with Crippen molar-refractivity contribution < 1.29 is 9.18 Å². The summed E-state index contributed by atoms with van der Waals surface area (Å²) in [7, 11) is 0. The highest BCUT2D eigenvalue weighted by Crippen LogP contribution is 2.24. The van der Waals surface area contributed by atoms with Crippen molar-refractivity contribution in [2.24, 2.45) is 5.92 Å². The summed E-state index contributed by atoms with van der Waals surface area (Å²) in [5.74, 6) is -0.0436. The Labute approximate surface area is 136 Å². The SMILES string of the molecule is Cc1cccc(F)c1C(=O)N1CCC(Cc2cccnc2)CC1. The van der Waals surface area contributed by atoms with Crippen LogP contribution in [-0.4, -0.2) is 28.9 Å². The molecular formula is C19H21FN2O. The van der Waals surface area contributed by atoms with Crippen molar-refractivity contribution >= 4 is 5.91 Å². The summed E-state index contributed by atoms with van der Waals surface area (Å²) in [5, 5.41) is 0. The van der Waals surface area contributed by atoms with E-state index in [0.29, 0.717) is 24.6 Å².